The maximum Gasteiger partial charge on any atom is 0.330 e. The summed E-state index contributed by atoms with van der Waals surface area (Å²) >= 11 is 0. The maximum absolute atomic E-state index is 9.60. The third kappa shape index (κ3) is 69.3. The smallest absolute Gasteiger partial charge is 0.330 e. The monoisotopic (exact) mass is 378 g/mol. The lowest BCUT2D eigenvalue weighted by atomic mass is 10.4. The zero-order valence-corrected chi connectivity index (χ0v) is 15.7. The number of rotatable bonds is 5. The van der Waals surface area contributed by atoms with Crippen LogP contribution in [0.4, 0.5) is 0 Å². The van der Waals surface area contributed by atoms with Gasteiger partial charge >= 0.3 is 17.9 Å². The van der Waals surface area contributed by atoms with Crippen molar-refractivity contribution in [2.24, 2.45) is 0 Å². The fraction of sp³-hybridized carbons (Fsp3) is 0.412. The van der Waals surface area contributed by atoms with Crippen molar-refractivity contribution in [1.29, 1.82) is 0 Å². The number of carbonyl (C=O) groups is 4. The summed E-state index contributed by atoms with van der Waals surface area (Å²) in [6.07, 6.45) is 2.04. The molecule has 9 heteroatoms. The van der Waals surface area contributed by atoms with E-state index in [1.54, 1.807) is 0 Å². The van der Waals surface area contributed by atoms with Crippen LogP contribution in [0.25, 0.3) is 0 Å². The van der Waals surface area contributed by atoms with E-state index in [2.05, 4.69) is 26.7 Å². The van der Waals surface area contributed by atoms with Crippen LogP contribution in [0.15, 0.2) is 36.5 Å². The number of carboxylic acids is 3. The lowest BCUT2D eigenvalue weighted by molar-refractivity contribution is -0.133. The molecule has 0 fully saturated rings. The SMILES string of the molecule is C=C(C)C(=O)O.C=C(C)C(=O)O.C=C(C)C(=O)O.CCCCO.O=CO. The number of aliphatic carboxylic acids is 3. The van der Waals surface area contributed by atoms with Crippen LogP contribution in [-0.2, 0) is 19.2 Å². The topological polar surface area (TPSA) is 169 Å². The van der Waals surface area contributed by atoms with Crippen molar-refractivity contribution < 1.29 is 44.7 Å². The van der Waals surface area contributed by atoms with Gasteiger partial charge in [0, 0.05) is 23.3 Å². The van der Waals surface area contributed by atoms with Crippen molar-refractivity contribution in [2.75, 3.05) is 6.61 Å². The standard InChI is InChI=1S/3C4H6O2.C4H10O.CH2O2/c3*1-3(2)4(5)6;1-2-3-4-5;2-1-3/h3*1H2,2H3,(H,5,6);5H,2-4H2,1H3;1H,(H,2,3). The highest BCUT2D eigenvalue weighted by atomic mass is 16.4. The van der Waals surface area contributed by atoms with E-state index >= 15 is 0 Å². The van der Waals surface area contributed by atoms with E-state index in [1.807, 2.05) is 0 Å². The van der Waals surface area contributed by atoms with Gasteiger partial charge in [-0.1, -0.05) is 33.1 Å². The molecule has 0 rings (SSSR count). The minimum Gasteiger partial charge on any atom is -0.483 e. The second kappa shape index (κ2) is 26.9. The molecule has 0 radical (unpaired) electrons. The molecule has 0 amide bonds. The van der Waals surface area contributed by atoms with Gasteiger partial charge in [-0.05, 0) is 27.2 Å². The van der Waals surface area contributed by atoms with Gasteiger partial charge in [0.2, 0.25) is 0 Å². The van der Waals surface area contributed by atoms with Crippen LogP contribution in [0.3, 0.4) is 0 Å². The molecule has 0 bridgehead atoms. The number of aliphatic hydroxyl groups is 1. The molecular weight excluding hydrogens is 348 g/mol. The Morgan fingerprint density at radius 3 is 0.962 bits per heavy atom. The highest BCUT2D eigenvalue weighted by Crippen LogP contribution is 1.82. The van der Waals surface area contributed by atoms with Crippen LogP contribution in [0.2, 0.25) is 0 Å². The van der Waals surface area contributed by atoms with Gasteiger partial charge in [-0.15, -0.1) is 0 Å². The van der Waals surface area contributed by atoms with Gasteiger partial charge < -0.3 is 25.5 Å². The largest absolute Gasteiger partial charge is 0.483 e. The summed E-state index contributed by atoms with van der Waals surface area (Å²) in [7, 11) is 0. The first kappa shape index (κ1) is 34.4. The number of carboxylic acid groups (broad SMARTS) is 4. The minimum atomic E-state index is -0.935. The zero-order valence-electron chi connectivity index (χ0n) is 15.7. The maximum atomic E-state index is 9.60. The Kier molecular flexibility index (Phi) is 35.6. The average Bonchev–Trinajstić information content (AvgIpc) is 2.50. The molecule has 152 valence electrons. The molecule has 0 aromatic carbocycles. The zero-order chi connectivity index (χ0) is 22.3. The Hall–Kier alpha value is -2.94. The number of aliphatic hydroxyl groups excluding tert-OH is 1. The summed E-state index contributed by atoms with van der Waals surface area (Å²) in [6.45, 7) is 16.0. The molecule has 5 N–H and O–H groups in total. The van der Waals surface area contributed by atoms with Crippen molar-refractivity contribution in [3.8, 4) is 0 Å². The Morgan fingerprint density at radius 1 is 0.808 bits per heavy atom. The molecule has 0 atom stereocenters. The van der Waals surface area contributed by atoms with Gasteiger partial charge in [0.05, 0.1) is 0 Å². The molecule has 0 aromatic rings. The van der Waals surface area contributed by atoms with Crippen LogP contribution in [-0.4, -0.2) is 56.5 Å². The second-order valence-corrected chi connectivity index (χ2v) is 4.44. The predicted molar refractivity (Wildman–Crippen MR) is 98.0 cm³/mol. The summed E-state index contributed by atoms with van der Waals surface area (Å²) in [6, 6.07) is 0. The predicted octanol–water partition coefficient (Wildman–Crippen LogP) is 2.42. The summed E-state index contributed by atoms with van der Waals surface area (Å²) in [5.74, 6) is -2.81. The van der Waals surface area contributed by atoms with Crippen molar-refractivity contribution in [2.45, 2.75) is 40.5 Å². The Balaban J connectivity index is -0.0000000719. The molecule has 0 saturated carbocycles. The summed E-state index contributed by atoms with van der Waals surface area (Å²) in [5, 5.41) is 38.6. The van der Waals surface area contributed by atoms with Crippen LogP contribution in [0, 0.1) is 0 Å². The molecule has 9 nitrogen and oxygen atoms in total. The lowest BCUT2D eigenvalue weighted by Crippen LogP contribution is -1.92. The minimum absolute atomic E-state index is 0.176. The van der Waals surface area contributed by atoms with Crippen molar-refractivity contribution in [3.05, 3.63) is 36.5 Å². The van der Waals surface area contributed by atoms with Gasteiger partial charge in [0.15, 0.2) is 0 Å². The molecule has 0 spiro atoms. The van der Waals surface area contributed by atoms with Crippen LogP contribution in [0.1, 0.15) is 40.5 Å². The van der Waals surface area contributed by atoms with Gasteiger partial charge in [-0.2, -0.15) is 0 Å². The van der Waals surface area contributed by atoms with Crippen molar-refractivity contribution >= 4 is 24.4 Å². The number of hydrogen-bond donors (Lipinski definition) is 5. The van der Waals surface area contributed by atoms with Gasteiger partial charge in [-0.3, -0.25) is 4.79 Å². The van der Waals surface area contributed by atoms with E-state index in [0.717, 1.165) is 12.8 Å². The van der Waals surface area contributed by atoms with E-state index in [1.165, 1.54) is 20.8 Å². The van der Waals surface area contributed by atoms with E-state index in [-0.39, 0.29) is 23.2 Å². The Bertz CT molecular complexity index is 356. The Labute approximate surface area is 153 Å². The molecular formula is C17H30O9. The summed E-state index contributed by atoms with van der Waals surface area (Å²) < 4.78 is 0. The van der Waals surface area contributed by atoms with E-state index in [0.29, 0.717) is 6.61 Å². The molecule has 0 unspecified atom stereocenters. The third-order valence-corrected chi connectivity index (χ3v) is 1.61. The van der Waals surface area contributed by atoms with Gasteiger partial charge in [-0.25, -0.2) is 14.4 Å². The first-order valence-electron chi connectivity index (χ1n) is 7.11. The summed E-state index contributed by atoms with van der Waals surface area (Å²) in [5.41, 5.74) is 0.528. The van der Waals surface area contributed by atoms with Gasteiger partial charge in [0.1, 0.15) is 0 Å². The molecule has 0 aliphatic heterocycles. The van der Waals surface area contributed by atoms with E-state index in [9.17, 15) is 14.4 Å². The molecule has 0 aromatic heterocycles. The lowest BCUT2D eigenvalue weighted by Gasteiger charge is -1.79. The fourth-order valence-electron chi connectivity index (χ4n) is 0.158. The van der Waals surface area contributed by atoms with Crippen LogP contribution >= 0.6 is 0 Å². The highest BCUT2D eigenvalue weighted by Gasteiger charge is 1.91. The third-order valence-electron chi connectivity index (χ3n) is 1.61. The number of unbranched alkanes of at least 4 members (excludes halogenated alkanes) is 1. The van der Waals surface area contributed by atoms with Crippen molar-refractivity contribution in [3.63, 3.8) is 0 Å². The molecule has 0 aliphatic rings. The van der Waals surface area contributed by atoms with E-state index < -0.39 is 17.9 Å². The molecule has 0 heterocycles. The van der Waals surface area contributed by atoms with Crippen molar-refractivity contribution in [1.82, 2.24) is 0 Å². The first-order valence-corrected chi connectivity index (χ1v) is 7.11. The quantitative estimate of drug-likeness (QED) is 0.356. The first-order chi connectivity index (χ1) is 11.8. The van der Waals surface area contributed by atoms with Crippen LogP contribution < -0.4 is 0 Å². The van der Waals surface area contributed by atoms with Crippen LogP contribution in [0.5, 0.6) is 0 Å². The fourth-order valence-corrected chi connectivity index (χ4v) is 0.158. The normalized spacial score (nSPS) is 7.27. The summed E-state index contributed by atoms with van der Waals surface area (Å²) in [4.78, 5) is 37.2. The number of hydrogen-bond acceptors (Lipinski definition) is 5. The molecule has 26 heavy (non-hydrogen) atoms. The second-order valence-electron chi connectivity index (χ2n) is 4.44. The molecule has 0 saturated heterocycles. The molecule has 0 aliphatic carbocycles. The van der Waals surface area contributed by atoms with E-state index in [4.69, 9.17) is 30.3 Å². The highest BCUT2D eigenvalue weighted by molar-refractivity contribution is 5.85. The van der Waals surface area contributed by atoms with Gasteiger partial charge in [0.25, 0.3) is 6.47 Å². The Morgan fingerprint density at radius 2 is 0.962 bits per heavy atom. The average molecular weight is 378 g/mol.